The Labute approximate surface area is 131 Å². The van der Waals surface area contributed by atoms with Crippen molar-refractivity contribution in [3.63, 3.8) is 0 Å². The molecule has 1 unspecified atom stereocenters. The zero-order chi connectivity index (χ0) is 17.0. The molecule has 1 aliphatic heterocycles. The molecule has 4 nitrogen and oxygen atoms in total. The molecule has 1 atom stereocenters. The van der Waals surface area contributed by atoms with E-state index in [0.29, 0.717) is 37.8 Å². The van der Waals surface area contributed by atoms with Crippen molar-refractivity contribution in [3.8, 4) is 0 Å². The third kappa shape index (κ3) is 4.46. The Hall–Kier alpha value is -2.05. The third-order valence-corrected chi connectivity index (χ3v) is 3.97. The summed E-state index contributed by atoms with van der Waals surface area (Å²) in [5.41, 5.74) is -0.185. The number of hydrogen-bond donors (Lipinski definition) is 1. The van der Waals surface area contributed by atoms with Gasteiger partial charge < -0.3 is 10.0 Å². The van der Waals surface area contributed by atoms with Gasteiger partial charge in [0.15, 0.2) is 0 Å². The first kappa shape index (κ1) is 17.3. The summed E-state index contributed by atoms with van der Waals surface area (Å²) in [7, 11) is 0. The molecule has 0 bridgehead atoms. The Morgan fingerprint density at radius 3 is 2.70 bits per heavy atom. The average molecular weight is 329 g/mol. The molecule has 2 rings (SSSR count). The molecule has 0 radical (unpaired) electrons. The maximum atomic E-state index is 12.6. The lowest BCUT2D eigenvalue weighted by atomic mass is 10.0. The summed E-state index contributed by atoms with van der Waals surface area (Å²) in [5.74, 6) is -1.25. The van der Waals surface area contributed by atoms with Gasteiger partial charge >= 0.3 is 12.1 Å². The normalized spacial score (nSPS) is 18.2. The zero-order valence-corrected chi connectivity index (χ0v) is 12.5. The number of aliphatic carboxylic acids is 1. The Morgan fingerprint density at radius 1 is 1.30 bits per heavy atom. The third-order valence-electron chi connectivity index (χ3n) is 3.97. The molecule has 0 aromatic heterocycles. The van der Waals surface area contributed by atoms with Gasteiger partial charge in [0.2, 0.25) is 5.91 Å². The van der Waals surface area contributed by atoms with E-state index in [1.54, 1.807) is 6.07 Å². The van der Waals surface area contributed by atoms with Crippen LogP contribution in [0.4, 0.5) is 13.2 Å². The average Bonchev–Trinajstić information content (AvgIpc) is 2.96. The summed E-state index contributed by atoms with van der Waals surface area (Å²) in [4.78, 5) is 24.5. The van der Waals surface area contributed by atoms with E-state index in [2.05, 4.69) is 0 Å². The largest absolute Gasteiger partial charge is 0.480 e. The first-order chi connectivity index (χ1) is 10.8. The van der Waals surface area contributed by atoms with Crippen LogP contribution in [0, 0.1) is 0 Å². The van der Waals surface area contributed by atoms with E-state index in [0.717, 1.165) is 12.1 Å². The topological polar surface area (TPSA) is 57.6 Å². The number of likely N-dealkylation sites (tertiary alicyclic amines) is 1. The Morgan fingerprint density at radius 2 is 2.04 bits per heavy atom. The summed E-state index contributed by atoms with van der Waals surface area (Å²) in [6, 6.07) is 4.27. The fourth-order valence-corrected chi connectivity index (χ4v) is 2.81. The van der Waals surface area contributed by atoms with Gasteiger partial charge in [-0.3, -0.25) is 4.79 Å². The highest BCUT2D eigenvalue weighted by Crippen LogP contribution is 2.29. The number of carboxylic acids is 1. The van der Waals surface area contributed by atoms with Crippen molar-refractivity contribution >= 4 is 11.9 Å². The van der Waals surface area contributed by atoms with E-state index in [-0.39, 0.29) is 12.3 Å². The van der Waals surface area contributed by atoms with E-state index in [4.69, 9.17) is 5.11 Å². The van der Waals surface area contributed by atoms with E-state index in [9.17, 15) is 22.8 Å². The van der Waals surface area contributed by atoms with Crippen LogP contribution >= 0.6 is 0 Å². The predicted molar refractivity (Wildman–Crippen MR) is 76.8 cm³/mol. The zero-order valence-electron chi connectivity index (χ0n) is 12.5. The molecular formula is C16H18F3NO3. The second-order valence-electron chi connectivity index (χ2n) is 5.64. The maximum Gasteiger partial charge on any atom is 0.416 e. The smallest absolute Gasteiger partial charge is 0.416 e. The predicted octanol–water partition coefficient (Wildman–Crippen LogP) is 3.10. The molecule has 126 valence electrons. The molecule has 1 saturated heterocycles. The fourth-order valence-electron chi connectivity index (χ4n) is 2.81. The number of alkyl halides is 3. The fraction of sp³-hybridized carbons (Fsp3) is 0.500. The summed E-state index contributed by atoms with van der Waals surface area (Å²) in [6.07, 6.45) is -2.38. The lowest BCUT2D eigenvalue weighted by molar-refractivity contribution is -0.148. The lowest BCUT2D eigenvalue weighted by Crippen LogP contribution is -2.40. The van der Waals surface area contributed by atoms with Gasteiger partial charge in [-0.15, -0.1) is 0 Å². The molecule has 1 aromatic rings. The van der Waals surface area contributed by atoms with Gasteiger partial charge in [0.25, 0.3) is 0 Å². The van der Waals surface area contributed by atoms with Crippen molar-refractivity contribution < 1.29 is 27.9 Å². The maximum absolute atomic E-state index is 12.6. The molecule has 7 heteroatoms. The number of rotatable bonds is 5. The van der Waals surface area contributed by atoms with Crippen molar-refractivity contribution in [2.45, 2.75) is 44.3 Å². The van der Waals surface area contributed by atoms with Crippen LogP contribution in [0.15, 0.2) is 24.3 Å². The van der Waals surface area contributed by atoms with E-state index in [1.807, 2.05) is 0 Å². The molecular weight excluding hydrogens is 311 g/mol. The second kappa shape index (κ2) is 7.02. The van der Waals surface area contributed by atoms with Gasteiger partial charge in [-0.05, 0) is 37.3 Å². The van der Waals surface area contributed by atoms with Crippen LogP contribution in [0.1, 0.15) is 36.8 Å². The van der Waals surface area contributed by atoms with Crippen LogP contribution in [0.2, 0.25) is 0 Å². The van der Waals surface area contributed by atoms with E-state index >= 15 is 0 Å². The number of amides is 1. The number of carbonyl (C=O) groups is 2. The molecule has 1 fully saturated rings. The van der Waals surface area contributed by atoms with Crippen LogP contribution in [-0.2, 0) is 22.2 Å². The minimum Gasteiger partial charge on any atom is -0.480 e. The molecule has 1 N–H and O–H groups in total. The molecule has 1 aliphatic rings. The van der Waals surface area contributed by atoms with Gasteiger partial charge in [-0.2, -0.15) is 13.2 Å². The number of hydrogen-bond acceptors (Lipinski definition) is 2. The van der Waals surface area contributed by atoms with Crippen LogP contribution in [0.25, 0.3) is 0 Å². The van der Waals surface area contributed by atoms with Crippen LogP contribution in [-0.4, -0.2) is 34.5 Å². The second-order valence-corrected chi connectivity index (χ2v) is 5.64. The number of benzene rings is 1. The molecule has 0 aliphatic carbocycles. The molecule has 1 amide bonds. The highest BCUT2D eigenvalue weighted by Gasteiger charge is 2.33. The number of halogens is 3. The van der Waals surface area contributed by atoms with Gasteiger partial charge in [-0.1, -0.05) is 18.2 Å². The number of carbonyl (C=O) groups excluding carboxylic acids is 1. The Bertz CT molecular complexity index is 586. The first-order valence-corrected chi connectivity index (χ1v) is 7.47. The quantitative estimate of drug-likeness (QED) is 0.903. The van der Waals surface area contributed by atoms with Gasteiger partial charge in [-0.25, -0.2) is 4.79 Å². The molecule has 1 aromatic carbocycles. The van der Waals surface area contributed by atoms with Crippen molar-refractivity contribution in [1.82, 2.24) is 4.90 Å². The van der Waals surface area contributed by atoms with Gasteiger partial charge in [0.05, 0.1) is 5.56 Å². The van der Waals surface area contributed by atoms with E-state index in [1.165, 1.54) is 11.0 Å². The lowest BCUT2D eigenvalue weighted by Gasteiger charge is -2.21. The molecule has 1 heterocycles. The first-order valence-electron chi connectivity index (χ1n) is 7.47. The minimum absolute atomic E-state index is 0.139. The highest BCUT2D eigenvalue weighted by atomic mass is 19.4. The SMILES string of the molecule is O=C(O)C1CCCN1C(=O)CCCc1cccc(C(F)(F)F)c1. The summed E-state index contributed by atoms with van der Waals surface area (Å²) in [5, 5.41) is 9.04. The summed E-state index contributed by atoms with van der Waals surface area (Å²) >= 11 is 0. The molecule has 23 heavy (non-hydrogen) atoms. The van der Waals surface area contributed by atoms with Gasteiger partial charge in [0.1, 0.15) is 6.04 Å². The number of carboxylic acid groups (broad SMARTS) is 1. The van der Waals surface area contributed by atoms with Crippen molar-refractivity contribution in [2.24, 2.45) is 0 Å². The molecule has 0 spiro atoms. The summed E-state index contributed by atoms with van der Waals surface area (Å²) < 4.78 is 37.9. The van der Waals surface area contributed by atoms with Crippen LogP contribution < -0.4 is 0 Å². The highest BCUT2D eigenvalue weighted by molar-refractivity contribution is 5.84. The van der Waals surface area contributed by atoms with Gasteiger partial charge in [0, 0.05) is 13.0 Å². The number of nitrogens with zero attached hydrogens (tertiary/aromatic N) is 1. The van der Waals surface area contributed by atoms with Crippen molar-refractivity contribution in [2.75, 3.05) is 6.54 Å². The molecule has 0 saturated carbocycles. The standard InChI is InChI=1S/C16H18F3NO3/c17-16(18,19)12-6-1-4-11(10-12)5-2-8-14(21)20-9-3-7-13(20)15(22)23/h1,4,6,10,13H,2-3,5,7-9H2,(H,22,23). The van der Waals surface area contributed by atoms with Crippen LogP contribution in [0.5, 0.6) is 0 Å². The van der Waals surface area contributed by atoms with Crippen LogP contribution in [0.3, 0.4) is 0 Å². The minimum atomic E-state index is -4.38. The summed E-state index contributed by atoms with van der Waals surface area (Å²) in [6.45, 7) is 0.430. The monoisotopic (exact) mass is 329 g/mol. The Balaban J connectivity index is 1.88. The Kier molecular flexibility index (Phi) is 5.28. The van der Waals surface area contributed by atoms with Crippen molar-refractivity contribution in [3.05, 3.63) is 35.4 Å². The van der Waals surface area contributed by atoms with Crippen molar-refractivity contribution in [1.29, 1.82) is 0 Å². The van der Waals surface area contributed by atoms with E-state index < -0.39 is 23.8 Å². The number of aryl methyl sites for hydroxylation is 1.